The van der Waals surface area contributed by atoms with Gasteiger partial charge in [0, 0.05) is 6.42 Å². The number of rotatable bonds is 4. The van der Waals surface area contributed by atoms with Crippen LogP contribution < -0.4 is 5.73 Å². The third kappa shape index (κ3) is 8.03. The van der Waals surface area contributed by atoms with E-state index in [2.05, 4.69) is 12.5 Å². The average Bonchev–Trinajstić information content (AvgIpc) is 1.82. The molecule has 0 fully saturated rings. The maximum atomic E-state index is 10.2. The molecule has 0 aliphatic carbocycles. The minimum Gasteiger partial charge on any atom is -0.480 e. The van der Waals surface area contributed by atoms with Gasteiger partial charge in [-0.25, -0.2) is 0 Å². The Bertz CT molecular complexity index is 119. The second-order valence-electron chi connectivity index (χ2n) is 2.42. The zero-order valence-corrected chi connectivity index (χ0v) is 8.65. The van der Waals surface area contributed by atoms with Crippen molar-refractivity contribution >= 4 is 30.4 Å². The van der Waals surface area contributed by atoms with Crippen LogP contribution in [0.5, 0.6) is 0 Å². The molecule has 0 aliphatic heterocycles. The van der Waals surface area contributed by atoms with Gasteiger partial charge in [0.15, 0.2) is 0 Å². The molecular formula is C6H16NO2S2+. The van der Waals surface area contributed by atoms with Crippen molar-refractivity contribution in [1.82, 2.24) is 0 Å². The molecule has 0 aromatic rings. The quantitative estimate of drug-likeness (QED) is 0.614. The first kappa shape index (κ1) is 13.7. The molecule has 0 unspecified atom stereocenters. The van der Waals surface area contributed by atoms with Crippen LogP contribution in [0.3, 0.4) is 0 Å². The number of carboxylic acids is 1. The molecule has 0 aliphatic rings. The van der Waals surface area contributed by atoms with Crippen LogP contribution in [0.2, 0.25) is 0 Å². The predicted molar refractivity (Wildman–Crippen MR) is 54.7 cm³/mol. The number of carbonyl (C=O) groups is 1. The SMILES string of the molecule is C[S+](C)CC[C@H](N)C(=O)O.S. The summed E-state index contributed by atoms with van der Waals surface area (Å²) in [5.41, 5.74) is 5.27. The van der Waals surface area contributed by atoms with Crippen molar-refractivity contribution in [1.29, 1.82) is 0 Å². The molecule has 0 saturated heterocycles. The normalized spacial score (nSPS) is 12.4. The van der Waals surface area contributed by atoms with Crippen LogP contribution in [0.4, 0.5) is 0 Å². The van der Waals surface area contributed by atoms with E-state index in [4.69, 9.17) is 10.8 Å². The maximum Gasteiger partial charge on any atom is 0.320 e. The molecule has 0 bridgehead atoms. The average molecular weight is 198 g/mol. The van der Waals surface area contributed by atoms with Gasteiger partial charge in [-0.3, -0.25) is 4.79 Å². The lowest BCUT2D eigenvalue weighted by molar-refractivity contribution is -0.138. The third-order valence-electron chi connectivity index (χ3n) is 1.15. The third-order valence-corrected chi connectivity index (χ3v) is 2.21. The summed E-state index contributed by atoms with van der Waals surface area (Å²) in [6, 6.07) is -0.671. The highest BCUT2D eigenvalue weighted by Gasteiger charge is 2.14. The zero-order valence-electron chi connectivity index (χ0n) is 6.83. The van der Waals surface area contributed by atoms with E-state index in [0.29, 0.717) is 17.3 Å². The van der Waals surface area contributed by atoms with Crippen molar-refractivity contribution in [3.05, 3.63) is 0 Å². The first-order valence-corrected chi connectivity index (χ1v) is 5.27. The van der Waals surface area contributed by atoms with Gasteiger partial charge in [0.1, 0.15) is 11.8 Å². The van der Waals surface area contributed by atoms with E-state index >= 15 is 0 Å². The van der Waals surface area contributed by atoms with E-state index in [1.807, 2.05) is 0 Å². The van der Waals surface area contributed by atoms with E-state index in [9.17, 15) is 4.79 Å². The van der Waals surface area contributed by atoms with E-state index in [0.717, 1.165) is 5.75 Å². The minimum atomic E-state index is -0.898. The maximum absolute atomic E-state index is 10.2. The molecule has 3 N–H and O–H groups in total. The lowest BCUT2D eigenvalue weighted by Gasteiger charge is -2.02. The van der Waals surface area contributed by atoms with Crippen molar-refractivity contribution in [3.63, 3.8) is 0 Å². The summed E-state index contributed by atoms with van der Waals surface area (Å²) in [6.07, 6.45) is 4.74. The van der Waals surface area contributed by atoms with Gasteiger partial charge in [-0.1, -0.05) is 0 Å². The van der Waals surface area contributed by atoms with E-state index in [1.165, 1.54) is 0 Å². The molecule has 0 radical (unpaired) electrons. The standard InChI is InChI=1S/C6H13NO2S.H2S/c1-10(2)4-3-5(7)6(8)9;/h5H,3-4,7H2,1-2H3;1H2/p+1/t5-;/m0./s1. The van der Waals surface area contributed by atoms with E-state index in [1.54, 1.807) is 0 Å². The Kier molecular flexibility index (Phi) is 8.49. The molecule has 0 aromatic heterocycles. The summed E-state index contributed by atoms with van der Waals surface area (Å²) in [5, 5.41) is 8.37. The number of aliphatic carboxylic acids is 1. The summed E-state index contributed by atoms with van der Waals surface area (Å²) in [6.45, 7) is 0. The van der Waals surface area contributed by atoms with Crippen LogP contribution in [0.1, 0.15) is 6.42 Å². The highest BCUT2D eigenvalue weighted by molar-refractivity contribution is 7.95. The Labute approximate surface area is 77.1 Å². The van der Waals surface area contributed by atoms with Crippen molar-refractivity contribution in [3.8, 4) is 0 Å². The smallest absolute Gasteiger partial charge is 0.320 e. The van der Waals surface area contributed by atoms with Gasteiger partial charge in [-0.15, -0.1) is 0 Å². The Balaban J connectivity index is 0. The fraction of sp³-hybridized carbons (Fsp3) is 0.833. The Morgan fingerprint density at radius 3 is 2.36 bits per heavy atom. The monoisotopic (exact) mass is 198 g/mol. The van der Waals surface area contributed by atoms with Gasteiger partial charge in [-0.05, 0) is 10.9 Å². The van der Waals surface area contributed by atoms with Crippen molar-refractivity contribution < 1.29 is 9.90 Å². The van der Waals surface area contributed by atoms with Crippen LogP contribution in [-0.2, 0) is 15.7 Å². The largest absolute Gasteiger partial charge is 0.480 e. The molecule has 0 heterocycles. The van der Waals surface area contributed by atoms with Crippen molar-refractivity contribution in [2.75, 3.05) is 18.3 Å². The first-order chi connectivity index (χ1) is 4.54. The number of carboxylic acid groups (broad SMARTS) is 1. The summed E-state index contributed by atoms with van der Waals surface area (Å²) in [7, 11) is 0.304. The van der Waals surface area contributed by atoms with Gasteiger partial charge in [0.2, 0.25) is 0 Å². The number of hydrogen-bond acceptors (Lipinski definition) is 2. The molecular weight excluding hydrogens is 182 g/mol. The minimum absolute atomic E-state index is 0. The number of nitrogens with two attached hydrogens (primary N) is 1. The second-order valence-corrected chi connectivity index (χ2v) is 4.80. The van der Waals surface area contributed by atoms with E-state index in [-0.39, 0.29) is 13.5 Å². The Hall–Kier alpha value is 0.130. The highest BCUT2D eigenvalue weighted by Crippen LogP contribution is 1.93. The van der Waals surface area contributed by atoms with Crippen molar-refractivity contribution in [2.24, 2.45) is 5.73 Å². The summed E-state index contributed by atoms with van der Waals surface area (Å²) in [4.78, 5) is 10.2. The molecule has 0 aromatic carbocycles. The topological polar surface area (TPSA) is 63.3 Å². The van der Waals surface area contributed by atoms with Crippen LogP contribution in [0.25, 0.3) is 0 Å². The molecule has 11 heavy (non-hydrogen) atoms. The molecule has 0 spiro atoms. The Morgan fingerprint density at radius 1 is 1.64 bits per heavy atom. The number of hydrogen-bond donors (Lipinski definition) is 2. The van der Waals surface area contributed by atoms with Gasteiger partial charge in [-0.2, -0.15) is 13.5 Å². The van der Waals surface area contributed by atoms with Crippen LogP contribution >= 0.6 is 13.5 Å². The fourth-order valence-electron chi connectivity index (χ4n) is 0.486. The molecule has 0 rings (SSSR count). The molecule has 0 amide bonds. The fourth-order valence-corrected chi connectivity index (χ4v) is 1.21. The van der Waals surface area contributed by atoms with Gasteiger partial charge < -0.3 is 10.8 Å². The predicted octanol–water partition coefficient (Wildman–Crippen LogP) is -0.221. The van der Waals surface area contributed by atoms with Gasteiger partial charge >= 0.3 is 5.97 Å². The zero-order chi connectivity index (χ0) is 8.15. The molecule has 1 atom stereocenters. The first-order valence-electron chi connectivity index (χ1n) is 3.06. The molecule has 68 valence electrons. The summed E-state index contributed by atoms with van der Waals surface area (Å²) in [5.74, 6) is 0.0125. The van der Waals surface area contributed by atoms with Gasteiger partial charge in [0.25, 0.3) is 0 Å². The highest BCUT2D eigenvalue weighted by atomic mass is 32.2. The molecule has 0 saturated carbocycles. The van der Waals surface area contributed by atoms with Gasteiger partial charge in [0.05, 0.1) is 12.5 Å². The molecule has 5 heteroatoms. The van der Waals surface area contributed by atoms with E-state index < -0.39 is 12.0 Å². The summed E-state index contributed by atoms with van der Waals surface area (Å²) >= 11 is 0. The second kappa shape index (κ2) is 6.82. The summed E-state index contributed by atoms with van der Waals surface area (Å²) < 4.78 is 0. The Morgan fingerprint density at radius 2 is 2.09 bits per heavy atom. The lowest BCUT2D eigenvalue weighted by atomic mass is 10.2. The lowest BCUT2D eigenvalue weighted by Crippen LogP contribution is -2.31. The van der Waals surface area contributed by atoms with Crippen molar-refractivity contribution in [2.45, 2.75) is 12.5 Å². The van der Waals surface area contributed by atoms with Crippen LogP contribution in [0.15, 0.2) is 0 Å². The molecule has 3 nitrogen and oxygen atoms in total. The van der Waals surface area contributed by atoms with Crippen LogP contribution in [0, 0.1) is 0 Å². The van der Waals surface area contributed by atoms with Crippen LogP contribution in [-0.4, -0.2) is 35.4 Å².